The summed E-state index contributed by atoms with van der Waals surface area (Å²) in [5.41, 5.74) is 1.34. The predicted molar refractivity (Wildman–Crippen MR) is 66.4 cm³/mol. The van der Waals surface area contributed by atoms with Gasteiger partial charge in [-0.3, -0.25) is 25.0 Å². The number of carbonyl (C=O) groups is 4. The highest BCUT2D eigenvalue weighted by Gasteiger charge is 2.33. The van der Waals surface area contributed by atoms with E-state index < -0.39 is 23.9 Å². The fourth-order valence-electron chi connectivity index (χ4n) is 2.40. The molecule has 7 heteroatoms. The molecule has 3 rings (SSSR count). The maximum absolute atomic E-state index is 11.6. The molecule has 102 valence electrons. The summed E-state index contributed by atoms with van der Waals surface area (Å²) in [5, 5.41) is 6.89. The van der Waals surface area contributed by atoms with Crippen molar-refractivity contribution < 1.29 is 19.2 Å². The van der Waals surface area contributed by atoms with Crippen LogP contribution in [0.3, 0.4) is 0 Å². The van der Waals surface area contributed by atoms with Crippen molar-refractivity contribution in [1.29, 1.82) is 0 Å². The van der Waals surface area contributed by atoms with Gasteiger partial charge in [-0.2, -0.15) is 0 Å². The first kappa shape index (κ1) is 12.3. The fourth-order valence-corrected chi connectivity index (χ4v) is 2.40. The second-order valence-corrected chi connectivity index (χ2v) is 4.73. The maximum atomic E-state index is 11.6. The third-order valence-electron chi connectivity index (χ3n) is 3.42. The lowest BCUT2D eigenvalue weighted by atomic mass is 9.95. The van der Waals surface area contributed by atoms with Gasteiger partial charge >= 0.3 is 6.03 Å². The van der Waals surface area contributed by atoms with Crippen LogP contribution in [0, 0.1) is 0 Å². The first-order valence-corrected chi connectivity index (χ1v) is 6.09. The molecule has 0 bridgehead atoms. The number of carbonyl (C=O) groups excluding carboxylic acids is 4. The second kappa shape index (κ2) is 4.44. The molecular weight excluding hydrogens is 262 g/mol. The monoisotopic (exact) mass is 273 g/mol. The van der Waals surface area contributed by atoms with Crippen LogP contribution in [-0.4, -0.2) is 23.8 Å². The molecule has 0 aliphatic carbocycles. The van der Waals surface area contributed by atoms with Gasteiger partial charge in [-0.15, -0.1) is 0 Å². The standard InChI is InChI=1S/C13H11N3O4/c17-9-5-8(11(18)14-9)6-1-3-7(4-2-6)10-12(19)16-13(20)15-10/h1-4,8,10H,5H2,(H,14,17,18)(H2,15,16,19,20). The first-order chi connectivity index (χ1) is 9.54. The maximum Gasteiger partial charge on any atom is 0.322 e. The van der Waals surface area contributed by atoms with E-state index in [2.05, 4.69) is 16.0 Å². The van der Waals surface area contributed by atoms with Gasteiger partial charge in [0.15, 0.2) is 0 Å². The molecule has 5 amide bonds. The molecule has 1 aromatic rings. The van der Waals surface area contributed by atoms with E-state index in [1.54, 1.807) is 24.3 Å². The van der Waals surface area contributed by atoms with Crippen molar-refractivity contribution in [3.63, 3.8) is 0 Å². The van der Waals surface area contributed by atoms with E-state index in [-0.39, 0.29) is 18.2 Å². The van der Waals surface area contributed by atoms with Crippen molar-refractivity contribution in [3.05, 3.63) is 35.4 Å². The van der Waals surface area contributed by atoms with E-state index >= 15 is 0 Å². The summed E-state index contributed by atoms with van der Waals surface area (Å²) in [7, 11) is 0. The Kier molecular flexibility index (Phi) is 2.74. The average molecular weight is 273 g/mol. The van der Waals surface area contributed by atoms with Crippen LogP contribution in [-0.2, 0) is 14.4 Å². The van der Waals surface area contributed by atoms with E-state index in [0.29, 0.717) is 11.1 Å². The third kappa shape index (κ3) is 2.03. The first-order valence-electron chi connectivity index (χ1n) is 6.09. The number of rotatable bonds is 2. The van der Waals surface area contributed by atoms with Gasteiger partial charge in [0.25, 0.3) is 5.91 Å². The van der Waals surface area contributed by atoms with Crippen LogP contribution in [0.5, 0.6) is 0 Å². The molecule has 2 heterocycles. The summed E-state index contributed by atoms with van der Waals surface area (Å²) in [6, 6.07) is 5.48. The molecule has 2 fully saturated rings. The molecule has 2 unspecified atom stereocenters. The lowest BCUT2D eigenvalue weighted by molar-refractivity contribution is -0.125. The molecule has 20 heavy (non-hydrogen) atoms. The van der Waals surface area contributed by atoms with Gasteiger partial charge in [-0.05, 0) is 11.1 Å². The fraction of sp³-hybridized carbons (Fsp3) is 0.231. The molecule has 3 N–H and O–H groups in total. The number of benzene rings is 1. The molecule has 0 aromatic heterocycles. The highest BCUT2D eigenvalue weighted by molar-refractivity contribution is 6.06. The SMILES string of the molecule is O=C1CC(c2ccc(C3NC(=O)NC3=O)cc2)C(=O)N1. The summed E-state index contributed by atoms with van der Waals surface area (Å²) in [4.78, 5) is 45.3. The summed E-state index contributed by atoms with van der Waals surface area (Å²) >= 11 is 0. The van der Waals surface area contributed by atoms with Crippen molar-refractivity contribution in [2.24, 2.45) is 0 Å². The largest absolute Gasteiger partial charge is 0.322 e. The second-order valence-electron chi connectivity index (χ2n) is 4.73. The third-order valence-corrected chi connectivity index (χ3v) is 3.42. The summed E-state index contributed by atoms with van der Waals surface area (Å²) < 4.78 is 0. The molecular formula is C13H11N3O4. The van der Waals surface area contributed by atoms with Crippen molar-refractivity contribution in [2.45, 2.75) is 18.4 Å². The van der Waals surface area contributed by atoms with Crippen molar-refractivity contribution in [3.8, 4) is 0 Å². The Bertz CT molecular complexity index is 568. The van der Waals surface area contributed by atoms with Gasteiger partial charge < -0.3 is 5.32 Å². The smallest absolute Gasteiger partial charge is 0.322 e. The number of nitrogens with one attached hydrogen (secondary N) is 3. The van der Waals surface area contributed by atoms with Crippen LogP contribution in [0.4, 0.5) is 4.79 Å². The van der Waals surface area contributed by atoms with Crippen molar-refractivity contribution in [2.75, 3.05) is 0 Å². The molecule has 0 radical (unpaired) electrons. The Labute approximate surface area is 113 Å². The Morgan fingerprint density at radius 3 is 2.00 bits per heavy atom. The topological polar surface area (TPSA) is 104 Å². The summed E-state index contributed by atoms with van der Waals surface area (Å²) in [6.07, 6.45) is 0.138. The van der Waals surface area contributed by atoms with E-state index in [1.807, 2.05) is 0 Å². The Balaban J connectivity index is 1.81. The van der Waals surface area contributed by atoms with Gasteiger partial charge in [0, 0.05) is 6.42 Å². The van der Waals surface area contributed by atoms with Gasteiger partial charge in [-0.25, -0.2) is 4.79 Å². The van der Waals surface area contributed by atoms with Crippen LogP contribution in [0.25, 0.3) is 0 Å². The van der Waals surface area contributed by atoms with E-state index in [0.717, 1.165) is 0 Å². The number of amides is 5. The highest BCUT2D eigenvalue weighted by atomic mass is 16.2. The zero-order chi connectivity index (χ0) is 14.3. The molecule has 2 aliphatic rings. The molecule has 7 nitrogen and oxygen atoms in total. The van der Waals surface area contributed by atoms with Gasteiger partial charge in [0.2, 0.25) is 11.8 Å². The predicted octanol–water partition coefficient (Wildman–Crippen LogP) is -0.303. The highest BCUT2D eigenvalue weighted by Crippen LogP contribution is 2.26. The van der Waals surface area contributed by atoms with E-state index in [9.17, 15) is 19.2 Å². The van der Waals surface area contributed by atoms with Crippen molar-refractivity contribution in [1.82, 2.24) is 16.0 Å². The minimum absolute atomic E-state index is 0.138. The Hall–Kier alpha value is -2.70. The van der Waals surface area contributed by atoms with Gasteiger partial charge in [0.1, 0.15) is 6.04 Å². The van der Waals surface area contributed by atoms with E-state index in [1.165, 1.54) is 0 Å². The van der Waals surface area contributed by atoms with Crippen molar-refractivity contribution >= 4 is 23.8 Å². The summed E-state index contributed by atoms with van der Waals surface area (Å²) in [5.74, 6) is -1.48. The van der Waals surface area contributed by atoms with E-state index in [4.69, 9.17) is 0 Å². The van der Waals surface area contributed by atoms with Crippen LogP contribution in [0.15, 0.2) is 24.3 Å². The average Bonchev–Trinajstić information content (AvgIpc) is 2.92. The number of hydrogen-bond acceptors (Lipinski definition) is 4. The zero-order valence-corrected chi connectivity index (χ0v) is 10.3. The van der Waals surface area contributed by atoms with Crippen LogP contribution in [0.2, 0.25) is 0 Å². The van der Waals surface area contributed by atoms with Crippen LogP contribution >= 0.6 is 0 Å². The van der Waals surface area contributed by atoms with Gasteiger partial charge in [0.05, 0.1) is 5.92 Å². The normalized spacial score (nSPS) is 25.4. The van der Waals surface area contributed by atoms with Crippen LogP contribution < -0.4 is 16.0 Å². The lowest BCUT2D eigenvalue weighted by Crippen LogP contribution is -2.22. The minimum Gasteiger partial charge on any atom is -0.322 e. The minimum atomic E-state index is -0.712. The molecule has 2 atom stereocenters. The quantitative estimate of drug-likeness (QED) is 0.508. The molecule has 2 aliphatic heterocycles. The molecule has 1 aromatic carbocycles. The molecule has 2 saturated heterocycles. The molecule has 0 spiro atoms. The van der Waals surface area contributed by atoms with Crippen LogP contribution in [0.1, 0.15) is 29.5 Å². The zero-order valence-electron chi connectivity index (χ0n) is 10.3. The Morgan fingerprint density at radius 1 is 0.850 bits per heavy atom. The number of hydrogen-bond donors (Lipinski definition) is 3. The number of urea groups is 1. The number of imide groups is 2. The Morgan fingerprint density at radius 2 is 1.50 bits per heavy atom. The van der Waals surface area contributed by atoms with Gasteiger partial charge in [-0.1, -0.05) is 24.3 Å². The lowest BCUT2D eigenvalue weighted by Gasteiger charge is -2.10. The molecule has 0 saturated carbocycles. The summed E-state index contributed by atoms with van der Waals surface area (Å²) in [6.45, 7) is 0.